The van der Waals surface area contributed by atoms with Crippen molar-refractivity contribution in [1.82, 2.24) is 0 Å². The van der Waals surface area contributed by atoms with Crippen molar-refractivity contribution in [3.8, 4) is 5.75 Å². The second kappa shape index (κ2) is 6.25. The zero-order chi connectivity index (χ0) is 12.8. The summed E-state index contributed by atoms with van der Waals surface area (Å²) in [6.07, 6.45) is 0.405. The van der Waals surface area contributed by atoms with Gasteiger partial charge in [-0.15, -0.1) is 0 Å². The minimum Gasteiger partial charge on any atom is -0.508 e. The number of hydrogen-bond acceptors (Lipinski definition) is 3. The van der Waals surface area contributed by atoms with Crippen LogP contribution < -0.4 is 5.32 Å². The lowest BCUT2D eigenvalue weighted by Crippen LogP contribution is -2.17. The summed E-state index contributed by atoms with van der Waals surface area (Å²) in [6, 6.07) is 5.09. The van der Waals surface area contributed by atoms with E-state index in [-0.39, 0.29) is 17.6 Å². The van der Waals surface area contributed by atoms with Crippen LogP contribution in [0.2, 0.25) is 0 Å². The first kappa shape index (κ1) is 13.5. The van der Waals surface area contributed by atoms with E-state index in [0.717, 1.165) is 5.56 Å². The zero-order valence-electron chi connectivity index (χ0n) is 10.5. The molecule has 0 saturated heterocycles. The second-order valence-electron chi connectivity index (χ2n) is 4.31. The van der Waals surface area contributed by atoms with Gasteiger partial charge in [-0.2, -0.15) is 0 Å². The van der Waals surface area contributed by atoms with Crippen LogP contribution in [0.5, 0.6) is 5.75 Å². The van der Waals surface area contributed by atoms with Crippen LogP contribution in [-0.2, 0) is 9.53 Å². The highest BCUT2D eigenvalue weighted by Gasteiger charge is 2.09. The highest BCUT2D eigenvalue weighted by Crippen LogP contribution is 2.21. The third kappa shape index (κ3) is 4.44. The van der Waals surface area contributed by atoms with Crippen LogP contribution in [0.4, 0.5) is 5.69 Å². The van der Waals surface area contributed by atoms with E-state index >= 15 is 0 Å². The summed E-state index contributed by atoms with van der Waals surface area (Å²) in [5, 5.41) is 12.3. The molecule has 2 N–H and O–H groups in total. The normalized spacial score (nSPS) is 12.2. The minimum absolute atomic E-state index is 0.0715. The standard InChI is InChI=1S/C13H19NO3/c1-9(8-17-3)6-13(16)14-11-5-4-10(2)12(15)7-11/h4-5,7,9,15H,6,8H2,1-3H3,(H,14,16). The van der Waals surface area contributed by atoms with Gasteiger partial charge in [0.25, 0.3) is 0 Å². The number of carbonyl (C=O) groups is 1. The molecule has 0 bridgehead atoms. The molecule has 0 fully saturated rings. The van der Waals surface area contributed by atoms with Crippen molar-refractivity contribution in [2.45, 2.75) is 20.3 Å². The molecule has 0 aliphatic rings. The first-order valence-corrected chi connectivity index (χ1v) is 5.61. The summed E-state index contributed by atoms with van der Waals surface area (Å²) in [7, 11) is 1.62. The summed E-state index contributed by atoms with van der Waals surface area (Å²) < 4.78 is 4.97. The summed E-state index contributed by atoms with van der Waals surface area (Å²) in [6.45, 7) is 4.32. The van der Waals surface area contributed by atoms with Gasteiger partial charge in [-0.3, -0.25) is 4.79 Å². The predicted octanol–water partition coefficient (Wildman–Crippen LogP) is 2.31. The third-order valence-electron chi connectivity index (χ3n) is 2.48. The molecular weight excluding hydrogens is 218 g/mol. The number of benzene rings is 1. The van der Waals surface area contributed by atoms with Crippen molar-refractivity contribution in [2.75, 3.05) is 19.0 Å². The lowest BCUT2D eigenvalue weighted by atomic mass is 10.1. The number of phenols is 1. The topological polar surface area (TPSA) is 58.6 Å². The average molecular weight is 237 g/mol. The molecule has 17 heavy (non-hydrogen) atoms. The van der Waals surface area contributed by atoms with Crippen LogP contribution in [0.25, 0.3) is 0 Å². The maximum atomic E-state index is 11.6. The Balaban J connectivity index is 2.53. The van der Waals surface area contributed by atoms with Gasteiger partial charge in [-0.1, -0.05) is 13.0 Å². The van der Waals surface area contributed by atoms with Crippen molar-refractivity contribution < 1.29 is 14.6 Å². The number of amides is 1. The molecule has 1 rings (SSSR count). The highest BCUT2D eigenvalue weighted by atomic mass is 16.5. The quantitative estimate of drug-likeness (QED) is 0.826. The second-order valence-corrected chi connectivity index (χ2v) is 4.31. The Morgan fingerprint density at radius 3 is 2.82 bits per heavy atom. The molecular formula is C13H19NO3. The molecule has 0 aliphatic heterocycles. The summed E-state index contributed by atoms with van der Waals surface area (Å²) in [4.78, 5) is 11.6. The van der Waals surface area contributed by atoms with Crippen molar-refractivity contribution in [3.63, 3.8) is 0 Å². The summed E-state index contributed by atoms with van der Waals surface area (Å²) in [5.41, 5.74) is 1.40. The largest absolute Gasteiger partial charge is 0.508 e. The molecule has 0 radical (unpaired) electrons. The van der Waals surface area contributed by atoms with Crippen LogP contribution >= 0.6 is 0 Å². The van der Waals surface area contributed by atoms with Crippen molar-refractivity contribution in [1.29, 1.82) is 0 Å². The fourth-order valence-corrected chi connectivity index (χ4v) is 1.56. The van der Waals surface area contributed by atoms with Crippen molar-refractivity contribution >= 4 is 11.6 Å². The number of nitrogens with one attached hydrogen (secondary N) is 1. The Morgan fingerprint density at radius 1 is 1.53 bits per heavy atom. The number of hydrogen-bond donors (Lipinski definition) is 2. The van der Waals surface area contributed by atoms with Crippen LogP contribution in [0.3, 0.4) is 0 Å². The molecule has 0 heterocycles. The number of anilines is 1. The molecule has 1 unspecified atom stereocenters. The van der Waals surface area contributed by atoms with Crippen molar-refractivity contribution in [2.24, 2.45) is 5.92 Å². The average Bonchev–Trinajstić information content (AvgIpc) is 2.23. The number of phenolic OH excluding ortho intramolecular Hbond substituents is 1. The fraction of sp³-hybridized carbons (Fsp3) is 0.462. The van der Waals surface area contributed by atoms with Gasteiger partial charge in [0.2, 0.25) is 5.91 Å². The van der Waals surface area contributed by atoms with Gasteiger partial charge in [0.15, 0.2) is 0 Å². The number of carbonyl (C=O) groups excluding carboxylic acids is 1. The number of methoxy groups -OCH3 is 1. The monoisotopic (exact) mass is 237 g/mol. The number of rotatable bonds is 5. The molecule has 1 aromatic rings. The molecule has 1 atom stereocenters. The number of aromatic hydroxyl groups is 1. The van der Waals surface area contributed by atoms with Gasteiger partial charge in [-0.05, 0) is 24.5 Å². The minimum atomic E-state index is -0.0715. The van der Waals surface area contributed by atoms with Gasteiger partial charge in [0, 0.05) is 31.9 Å². The van der Waals surface area contributed by atoms with E-state index in [4.69, 9.17) is 4.74 Å². The molecule has 1 aromatic carbocycles. The molecule has 4 heteroatoms. The Morgan fingerprint density at radius 2 is 2.24 bits per heavy atom. The summed E-state index contributed by atoms with van der Waals surface area (Å²) in [5.74, 6) is 0.296. The van der Waals surface area contributed by atoms with E-state index in [1.54, 1.807) is 25.3 Å². The van der Waals surface area contributed by atoms with E-state index in [1.807, 2.05) is 13.8 Å². The number of ether oxygens (including phenoxy) is 1. The molecule has 0 spiro atoms. The van der Waals surface area contributed by atoms with Gasteiger partial charge in [0.05, 0.1) is 0 Å². The molecule has 0 saturated carbocycles. The maximum absolute atomic E-state index is 11.6. The third-order valence-corrected chi connectivity index (χ3v) is 2.48. The van der Waals surface area contributed by atoms with Crippen LogP contribution in [-0.4, -0.2) is 24.7 Å². The highest BCUT2D eigenvalue weighted by molar-refractivity contribution is 5.91. The molecule has 0 aromatic heterocycles. The molecule has 94 valence electrons. The summed E-state index contributed by atoms with van der Waals surface area (Å²) >= 11 is 0. The SMILES string of the molecule is COCC(C)CC(=O)Nc1ccc(C)c(O)c1. The smallest absolute Gasteiger partial charge is 0.224 e. The Labute approximate surface area is 102 Å². The fourth-order valence-electron chi connectivity index (χ4n) is 1.56. The first-order chi connectivity index (χ1) is 8.02. The van der Waals surface area contributed by atoms with E-state index in [9.17, 15) is 9.90 Å². The van der Waals surface area contributed by atoms with Crippen molar-refractivity contribution in [3.05, 3.63) is 23.8 Å². The van der Waals surface area contributed by atoms with Gasteiger partial charge in [-0.25, -0.2) is 0 Å². The first-order valence-electron chi connectivity index (χ1n) is 5.61. The Kier molecular flexibility index (Phi) is 4.97. The van der Waals surface area contributed by atoms with E-state index in [2.05, 4.69) is 5.32 Å². The van der Waals surface area contributed by atoms with Crippen LogP contribution in [0, 0.1) is 12.8 Å². The van der Waals surface area contributed by atoms with Crippen LogP contribution in [0.1, 0.15) is 18.9 Å². The maximum Gasteiger partial charge on any atom is 0.224 e. The molecule has 4 nitrogen and oxygen atoms in total. The van der Waals surface area contributed by atoms with Crippen LogP contribution in [0.15, 0.2) is 18.2 Å². The lowest BCUT2D eigenvalue weighted by molar-refractivity contribution is -0.117. The number of aryl methyl sites for hydroxylation is 1. The van der Waals surface area contributed by atoms with E-state index in [1.165, 1.54) is 0 Å². The van der Waals surface area contributed by atoms with Gasteiger partial charge < -0.3 is 15.2 Å². The van der Waals surface area contributed by atoms with E-state index < -0.39 is 0 Å². The van der Waals surface area contributed by atoms with Gasteiger partial charge in [0.1, 0.15) is 5.75 Å². The Bertz CT molecular complexity index is 390. The Hall–Kier alpha value is -1.55. The molecule has 1 amide bonds. The predicted molar refractivity (Wildman–Crippen MR) is 67.1 cm³/mol. The lowest BCUT2D eigenvalue weighted by Gasteiger charge is -2.11. The van der Waals surface area contributed by atoms with E-state index in [0.29, 0.717) is 18.7 Å². The zero-order valence-corrected chi connectivity index (χ0v) is 10.5. The van der Waals surface area contributed by atoms with Gasteiger partial charge >= 0.3 is 0 Å². The molecule has 0 aliphatic carbocycles.